The third-order valence-electron chi connectivity index (χ3n) is 3.16. The van der Waals surface area contributed by atoms with Gasteiger partial charge in [-0.05, 0) is 36.8 Å². The van der Waals surface area contributed by atoms with Crippen LogP contribution in [0.5, 0.6) is 5.75 Å². The molecule has 0 amide bonds. The van der Waals surface area contributed by atoms with Crippen LogP contribution in [0, 0.1) is 0 Å². The summed E-state index contributed by atoms with van der Waals surface area (Å²) in [6.45, 7) is 1.91. The Labute approximate surface area is 134 Å². The van der Waals surface area contributed by atoms with Crippen LogP contribution in [0.15, 0.2) is 54.6 Å². The highest BCUT2D eigenvalue weighted by Crippen LogP contribution is 2.15. The Morgan fingerprint density at radius 1 is 1.00 bits per heavy atom. The maximum absolute atomic E-state index is 11.9. The maximum Gasteiger partial charge on any atom is 0.346 e. The molecule has 0 unspecified atom stereocenters. The molecule has 0 heterocycles. The van der Waals surface area contributed by atoms with Crippen molar-refractivity contribution in [2.24, 2.45) is 0 Å². The smallest absolute Gasteiger partial charge is 0.346 e. The van der Waals surface area contributed by atoms with Crippen LogP contribution in [0.2, 0.25) is 0 Å². The summed E-state index contributed by atoms with van der Waals surface area (Å²) in [4.78, 5) is 23.1. The molecule has 23 heavy (non-hydrogen) atoms. The summed E-state index contributed by atoms with van der Waals surface area (Å²) < 4.78 is 15.1. The van der Waals surface area contributed by atoms with Crippen molar-refractivity contribution in [1.82, 2.24) is 0 Å². The summed E-state index contributed by atoms with van der Waals surface area (Å²) in [7, 11) is 1.24. The Kier molecular flexibility index (Phi) is 5.74. The van der Waals surface area contributed by atoms with Gasteiger partial charge in [-0.25, -0.2) is 9.59 Å². The second-order valence-corrected chi connectivity index (χ2v) is 4.87. The highest BCUT2D eigenvalue weighted by atomic mass is 16.6. The molecule has 0 spiro atoms. The van der Waals surface area contributed by atoms with Crippen molar-refractivity contribution in [3.63, 3.8) is 0 Å². The van der Waals surface area contributed by atoms with E-state index in [4.69, 9.17) is 9.47 Å². The lowest BCUT2D eigenvalue weighted by molar-refractivity contribution is -0.149. The normalized spacial score (nSPS) is 11.4. The Morgan fingerprint density at radius 3 is 2.26 bits per heavy atom. The van der Waals surface area contributed by atoms with Crippen LogP contribution in [0.3, 0.4) is 0 Å². The van der Waals surface area contributed by atoms with Gasteiger partial charge >= 0.3 is 11.9 Å². The first kappa shape index (κ1) is 16.5. The van der Waals surface area contributed by atoms with Crippen molar-refractivity contribution < 1.29 is 23.8 Å². The lowest BCUT2D eigenvalue weighted by Crippen LogP contribution is -2.25. The molecule has 120 valence electrons. The Morgan fingerprint density at radius 2 is 1.65 bits per heavy atom. The van der Waals surface area contributed by atoms with E-state index < -0.39 is 18.0 Å². The van der Waals surface area contributed by atoms with Gasteiger partial charge in [-0.3, -0.25) is 0 Å². The van der Waals surface area contributed by atoms with Crippen LogP contribution in [0.25, 0.3) is 0 Å². The van der Waals surface area contributed by atoms with Crippen LogP contribution in [-0.4, -0.2) is 25.2 Å². The second-order valence-electron chi connectivity index (χ2n) is 4.87. The van der Waals surface area contributed by atoms with Gasteiger partial charge in [0.1, 0.15) is 12.4 Å². The largest absolute Gasteiger partial charge is 0.489 e. The summed E-state index contributed by atoms with van der Waals surface area (Å²) in [5.74, 6) is -0.537. The fourth-order valence-corrected chi connectivity index (χ4v) is 1.87. The highest BCUT2D eigenvalue weighted by molar-refractivity contribution is 5.91. The average molecular weight is 314 g/mol. The predicted octanol–water partition coefficient (Wildman–Crippen LogP) is 2.98. The second kappa shape index (κ2) is 7.98. The number of carbonyl (C=O) groups is 2. The summed E-state index contributed by atoms with van der Waals surface area (Å²) >= 11 is 0. The molecule has 0 saturated carbocycles. The van der Waals surface area contributed by atoms with Gasteiger partial charge in [0.2, 0.25) is 0 Å². The zero-order valence-corrected chi connectivity index (χ0v) is 13.0. The number of esters is 2. The molecule has 0 N–H and O–H groups in total. The molecule has 0 aliphatic rings. The molecule has 5 heteroatoms. The van der Waals surface area contributed by atoms with Gasteiger partial charge in [-0.15, -0.1) is 0 Å². The molecule has 2 aromatic carbocycles. The van der Waals surface area contributed by atoms with Crippen molar-refractivity contribution in [1.29, 1.82) is 0 Å². The molecule has 0 aromatic heterocycles. The lowest BCUT2D eigenvalue weighted by Gasteiger charge is -2.11. The number of benzene rings is 2. The third-order valence-corrected chi connectivity index (χ3v) is 3.16. The summed E-state index contributed by atoms with van der Waals surface area (Å²) in [5.41, 5.74) is 1.40. The van der Waals surface area contributed by atoms with Crippen LogP contribution >= 0.6 is 0 Å². The van der Waals surface area contributed by atoms with Crippen LogP contribution in [0.1, 0.15) is 22.8 Å². The first-order chi connectivity index (χ1) is 11.1. The fourth-order valence-electron chi connectivity index (χ4n) is 1.87. The van der Waals surface area contributed by atoms with E-state index in [9.17, 15) is 9.59 Å². The van der Waals surface area contributed by atoms with Crippen molar-refractivity contribution in [2.75, 3.05) is 7.11 Å². The number of hydrogen-bond donors (Lipinski definition) is 0. The van der Waals surface area contributed by atoms with Gasteiger partial charge in [0.15, 0.2) is 6.10 Å². The molecular formula is C18H18O5. The molecule has 0 aliphatic carbocycles. The van der Waals surface area contributed by atoms with Gasteiger partial charge in [-0.1, -0.05) is 30.3 Å². The quantitative estimate of drug-likeness (QED) is 0.767. The number of hydrogen-bond acceptors (Lipinski definition) is 5. The van der Waals surface area contributed by atoms with Crippen LogP contribution in [-0.2, 0) is 20.9 Å². The van der Waals surface area contributed by atoms with E-state index in [-0.39, 0.29) is 0 Å². The standard InChI is InChI=1S/C18H18O5/c1-13(17(19)21-2)23-18(20)15-8-10-16(11-9-15)22-12-14-6-4-3-5-7-14/h3-11,13H,12H2,1-2H3/t13-/m0/s1. The number of rotatable bonds is 6. The monoisotopic (exact) mass is 314 g/mol. The first-order valence-electron chi connectivity index (χ1n) is 7.15. The van der Waals surface area contributed by atoms with Gasteiger partial charge in [0.05, 0.1) is 12.7 Å². The van der Waals surface area contributed by atoms with Crippen molar-refractivity contribution in [2.45, 2.75) is 19.6 Å². The predicted molar refractivity (Wildman–Crippen MR) is 84.1 cm³/mol. The Hall–Kier alpha value is -2.82. The van der Waals surface area contributed by atoms with Gasteiger partial charge in [0, 0.05) is 0 Å². The van der Waals surface area contributed by atoms with E-state index in [0.29, 0.717) is 17.9 Å². The molecule has 0 bridgehead atoms. The van der Waals surface area contributed by atoms with E-state index >= 15 is 0 Å². The summed E-state index contributed by atoms with van der Waals surface area (Å²) in [6, 6.07) is 16.3. The molecular weight excluding hydrogens is 296 g/mol. The minimum atomic E-state index is -0.943. The number of ether oxygens (including phenoxy) is 3. The SMILES string of the molecule is COC(=O)[C@H](C)OC(=O)c1ccc(OCc2ccccc2)cc1. The molecule has 2 aromatic rings. The van der Waals surface area contributed by atoms with E-state index in [1.807, 2.05) is 30.3 Å². The van der Waals surface area contributed by atoms with E-state index in [2.05, 4.69) is 4.74 Å². The minimum Gasteiger partial charge on any atom is -0.489 e. The zero-order chi connectivity index (χ0) is 16.7. The highest BCUT2D eigenvalue weighted by Gasteiger charge is 2.19. The first-order valence-corrected chi connectivity index (χ1v) is 7.15. The number of carbonyl (C=O) groups excluding carboxylic acids is 2. The van der Waals surface area contributed by atoms with Crippen LogP contribution < -0.4 is 4.74 Å². The fraction of sp³-hybridized carbons (Fsp3) is 0.222. The zero-order valence-electron chi connectivity index (χ0n) is 13.0. The third kappa shape index (κ3) is 4.85. The van der Waals surface area contributed by atoms with Gasteiger partial charge in [-0.2, -0.15) is 0 Å². The Bertz CT molecular complexity index is 649. The lowest BCUT2D eigenvalue weighted by atomic mass is 10.2. The molecule has 0 fully saturated rings. The molecule has 1 atom stereocenters. The molecule has 0 aliphatic heterocycles. The van der Waals surface area contributed by atoms with Crippen molar-refractivity contribution in [3.8, 4) is 5.75 Å². The topological polar surface area (TPSA) is 61.8 Å². The van der Waals surface area contributed by atoms with Crippen molar-refractivity contribution >= 4 is 11.9 Å². The van der Waals surface area contributed by atoms with Gasteiger partial charge < -0.3 is 14.2 Å². The van der Waals surface area contributed by atoms with E-state index in [0.717, 1.165) is 5.56 Å². The molecule has 5 nitrogen and oxygen atoms in total. The van der Waals surface area contributed by atoms with Crippen molar-refractivity contribution in [3.05, 3.63) is 65.7 Å². The maximum atomic E-state index is 11.9. The number of methoxy groups -OCH3 is 1. The molecule has 0 radical (unpaired) electrons. The minimum absolute atomic E-state index is 0.341. The average Bonchev–Trinajstić information content (AvgIpc) is 2.60. The van der Waals surface area contributed by atoms with E-state index in [1.165, 1.54) is 14.0 Å². The summed E-state index contributed by atoms with van der Waals surface area (Å²) in [6.07, 6.45) is -0.943. The van der Waals surface area contributed by atoms with Gasteiger partial charge in [0.25, 0.3) is 0 Å². The van der Waals surface area contributed by atoms with E-state index in [1.54, 1.807) is 24.3 Å². The molecule has 2 rings (SSSR count). The Balaban J connectivity index is 1.91. The molecule has 0 saturated heterocycles. The van der Waals surface area contributed by atoms with Crippen LogP contribution in [0.4, 0.5) is 0 Å². The summed E-state index contributed by atoms with van der Waals surface area (Å²) in [5, 5.41) is 0.